The third-order valence-electron chi connectivity index (χ3n) is 3.49. The summed E-state index contributed by atoms with van der Waals surface area (Å²) in [7, 11) is 0. The summed E-state index contributed by atoms with van der Waals surface area (Å²) in [6.45, 7) is 9.34. The van der Waals surface area contributed by atoms with E-state index in [-0.39, 0.29) is 5.54 Å². The Balaban J connectivity index is 2.08. The molecule has 1 aliphatic carbocycles. The van der Waals surface area contributed by atoms with Crippen molar-refractivity contribution in [3.05, 3.63) is 23.5 Å². The van der Waals surface area contributed by atoms with Crippen LogP contribution in [-0.4, -0.2) is 16.6 Å². The highest BCUT2D eigenvalue weighted by Crippen LogP contribution is 2.27. The Hall–Kier alpha value is -1.09. The summed E-state index contributed by atoms with van der Waals surface area (Å²) in [5.41, 5.74) is 2.29. The fraction of sp³-hybridized carbons (Fsp3) is 0.688. The molecule has 1 fully saturated rings. The minimum Gasteiger partial charge on any atom is -0.490 e. The van der Waals surface area contributed by atoms with E-state index >= 15 is 0 Å². The lowest BCUT2D eigenvalue weighted by Gasteiger charge is -2.22. The number of aromatic nitrogens is 1. The van der Waals surface area contributed by atoms with Gasteiger partial charge in [0.15, 0.2) is 0 Å². The highest BCUT2D eigenvalue weighted by molar-refractivity contribution is 5.33. The molecular formula is C16H26N2O. The lowest BCUT2D eigenvalue weighted by Crippen LogP contribution is -2.35. The van der Waals surface area contributed by atoms with E-state index in [1.807, 2.05) is 13.1 Å². The van der Waals surface area contributed by atoms with Crippen molar-refractivity contribution in [1.29, 1.82) is 0 Å². The van der Waals surface area contributed by atoms with Crippen molar-refractivity contribution in [2.75, 3.05) is 0 Å². The molecule has 106 valence electrons. The Morgan fingerprint density at radius 2 is 2.00 bits per heavy atom. The second-order valence-electron chi connectivity index (χ2n) is 6.56. The monoisotopic (exact) mass is 262 g/mol. The number of nitrogens with one attached hydrogen (secondary N) is 1. The second kappa shape index (κ2) is 5.91. The number of rotatable bonds is 4. The van der Waals surface area contributed by atoms with E-state index in [4.69, 9.17) is 4.74 Å². The number of aryl methyl sites for hydroxylation is 1. The van der Waals surface area contributed by atoms with Gasteiger partial charge in [-0.25, -0.2) is 0 Å². The standard InChI is InChI=1S/C16H26N2O/c1-12-9-15(19-14-7-5-6-8-14)13(10-17-12)11-18-16(2,3)4/h9-10,14,18H,5-8,11H2,1-4H3. The first-order chi connectivity index (χ1) is 8.94. The molecule has 0 aliphatic heterocycles. The van der Waals surface area contributed by atoms with Gasteiger partial charge in [-0.1, -0.05) is 0 Å². The quantitative estimate of drug-likeness (QED) is 0.900. The fourth-order valence-corrected chi connectivity index (χ4v) is 2.35. The van der Waals surface area contributed by atoms with Gasteiger partial charge < -0.3 is 10.1 Å². The number of ether oxygens (including phenoxy) is 1. The largest absolute Gasteiger partial charge is 0.490 e. The smallest absolute Gasteiger partial charge is 0.127 e. The van der Waals surface area contributed by atoms with E-state index in [0.29, 0.717) is 6.10 Å². The molecule has 1 aromatic heterocycles. The zero-order chi connectivity index (χ0) is 13.9. The molecule has 3 nitrogen and oxygen atoms in total. The first-order valence-corrected chi connectivity index (χ1v) is 7.31. The Morgan fingerprint density at radius 3 is 2.63 bits per heavy atom. The maximum absolute atomic E-state index is 6.17. The summed E-state index contributed by atoms with van der Waals surface area (Å²) < 4.78 is 6.17. The van der Waals surface area contributed by atoms with Gasteiger partial charge in [-0.05, 0) is 53.4 Å². The molecule has 0 spiro atoms. The SMILES string of the molecule is Cc1cc(OC2CCCC2)c(CNC(C)(C)C)cn1. The fourth-order valence-electron chi connectivity index (χ4n) is 2.35. The van der Waals surface area contributed by atoms with Crippen molar-refractivity contribution in [2.45, 2.75) is 71.6 Å². The van der Waals surface area contributed by atoms with Gasteiger partial charge in [0.1, 0.15) is 5.75 Å². The Kier molecular flexibility index (Phi) is 4.46. The van der Waals surface area contributed by atoms with Crippen LogP contribution >= 0.6 is 0 Å². The molecule has 1 aliphatic rings. The predicted octanol–water partition coefficient (Wildman–Crippen LogP) is 3.60. The van der Waals surface area contributed by atoms with Gasteiger partial charge in [-0.3, -0.25) is 4.98 Å². The third-order valence-corrected chi connectivity index (χ3v) is 3.49. The molecule has 0 aromatic carbocycles. The van der Waals surface area contributed by atoms with Crippen LogP contribution in [0.25, 0.3) is 0 Å². The van der Waals surface area contributed by atoms with Crippen LogP contribution in [0.15, 0.2) is 12.3 Å². The molecule has 2 rings (SSSR count). The Labute approximate surface area is 116 Å². The molecule has 0 amide bonds. The van der Waals surface area contributed by atoms with Gasteiger partial charge in [-0.2, -0.15) is 0 Å². The number of hydrogen-bond donors (Lipinski definition) is 1. The van der Waals surface area contributed by atoms with Crippen molar-refractivity contribution in [3.8, 4) is 5.75 Å². The second-order valence-corrected chi connectivity index (χ2v) is 6.56. The van der Waals surface area contributed by atoms with Gasteiger partial charge in [0, 0.05) is 35.6 Å². The molecule has 0 atom stereocenters. The topological polar surface area (TPSA) is 34.1 Å². The van der Waals surface area contributed by atoms with Crippen molar-refractivity contribution < 1.29 is 4.74 Å². The molecule has 0 saturated heterocycles. The van der Waals surface area contributed by atoms with Gasteiger partial charge in [0.05, 0.1) is 6.10 Å². The van der Waals surface area contributed by atoms with Gasteiger partial charge in [0.2, 0.25) is 0 Å². The van der Waals surface area contributed by atoms with E-state index < -0.39 is 0 Å². The van der Waals surface area contributed by atoms with Crippen molar-refractivity contribution in [1.82, 2.24) is 10.3 Å². The molecule has 1 aromatic rings. The van der Waals surface area contributed by atoms with Crippen LogP contribution in [0.2, 0.25) is 0 Å². The van der Waals surface area contributed by atoms with Crippen molar-refractivity contribution >= 4 is 0 Å². The van der Waals surface area contributed by atoms with Crippen LogP contribution in [0.5, 0.6) is 5.75 Å². The van der Waals surface area contributed by atoms with Crippen LogP contribution in [0, 0.1) is 6.92 Å². The summed E-state index contributed by atoms with van der Waals surface area (Å²) in [4.78, 5) is 4.40. The molecular weight excluding hydrogens is 236 g/mol. The summed E-state index contributed by atoms with van der Waals surface area (Å²) >= 11 is 0. The van der Waals surface area contributed by atoms with Crippen LogP contribution in [0.1, 0.15) is 57.7 Å². The minimum absolute atomic E-state index is 0.107. The van der Waals surface area contributed by atoms with E-state index in [9.17, 15) is 0 Å². The van der Waals surface area contributed by atoms with E-state index in [2.05, 4.69) is 37.1 Å². The van der Waals surface area contributed by atoms with E-state index in [0.717, 1.165) is 23.6 Å². The molecule has 0 radical (unpaired) electrons. The first-order valence-electron chi connectivity index (χ1n) is 7.31. The van der Waals surface area contributed by atoms with E-state index in [1.165, 1.54) is 25.7 Å². The van der Waals surface area contributed by atoms with E-state index in [1.54, 1.807) is 0 Å². The molecule has 0 bridgehead atoms. The highest BCUT2D eigenvalue weighted by Gasteiger charge is 2.19. The molecule has 1 saturated carbocycles. The first kappa shape index (κ1) is 14.3. The van der Waals surface area contributed by atoms with Crippen LogP contribution < -0.4 is 10.1 Å². The average molecular weight is 262 g/mol. The third kappa shape index (κ3) is 4.50. The van der Waals surface area contributed by atoms with Crippen molar-refractivity contribution in [2.24, 2.45) is 0 Å². The van der Waals surface area contributed by atoms with Gasteiger partial charge in [-0.15, -0.1) is 0 Å². The average Bonchev–Trinajstić information content (AvgIpc) is 2.79. The lowest BCUT2D eigenvalue weighted by molar-refractivity contribution is 0.206. The maximum atomic E-state index is 6.17. The normalized spacial score (nSPS) is 16.8. The molecule has 3 heteroatoms. The summed E-state index contributed by atoms with van der Waals surface area (Å²) in [6, 6.07) is 2.07. The molecule has 19 heavy (non-hydrogen) atoms. The van der Waals surface area contributed by atoms with Crippen LogP contribution in [-0.2, 0) is 6.54 Å². The molecule has 1 heterocycles. The highest BCUT2D eigenvalue weighted by atomic mass is 16.5. The van der Waals surface area contributed by atoms with Crippen molar-refractivity contribution in [3.63, 3.8) is 0 Å². The summed E-state index contributed by atoms with van der Waals surface area (Å²) in [6.07, 6.45) is 7.31. The zero-order valence-corrected chi connectivity index (χ0v) is 12.6. The van der Waals surface area contributed by atoms with Crippen LogP contribution in [0.3, 0.4) is 0 Å². The summed E-state index contributed by atoms with van der Waals surface area (Å²) in [5, 5.41) is 3.50. The summed E-state index contributed by atoms with van der Waals surface area (Å²) in [5.74, 6) is 1.01. The molecule has 0 unspecified atom stereocenters. The Bertz CT molecular complexity index is 417. The maximum Gasteiger partial charge on any atom is 0.127 e. The number of nitrogens with zero attached hydrogens (tertiary/aromatic N) is 1. The predicted molar refractivity (Wildman–Crippen MR) is 78.5 cm³/mol. The minimum atomic E-state index is 0.107. The zero-order valence-electron chi connectivity index (χ0n) is 12.6. The lowest BCUT2D eigenvalue weighted by atomic mass is 10.1. The van der Waals surface area contributed by atoms with Gasteiger partial charge in [0.25, 0.3) is 0 Å². The number of hydrogen-bond acceptors (Lipinski definition) is 3. The Morgan fingerprint density at radius 1 is 1.32 bits per heavy atom. The molecule has 1 N–H and O–H groups in total. The van der Waals surface area contributed by atoms with Crippen LogP contribution in [0.4, 0.5) is 0 Å². The number of pyridine rings is 1. The van der Waals surface area contributed by atoms with Gasteiger partial charge >= 0.3 is 0 Å².